The molecule has 0 radical (unpaired) electrons. The lowest BCUT2D eigenvalue weighted by atomic mass is 10.0. The molecule has 0 saturated carbocycles. The quantitative estimate of drug-likeness (QED) is 0.355. The second-order valence-corrected chi connectivity index (χ2v) is 8.51. The predicted octanol–water partition coefficient (Wildman–Crippen LogP) is 5.00. The summed E-state index contributed by atoms with van der Waals surface area (Å²) in [6.07, 6.45) is 1.87. The zero-order valence-electron chi connectivity index (χ0n) is 18.2. The fraction of sp³-hybridized carbons (Fsp3) is 0.200. The average molecular weight is 508 g/mol. The third-order valence-corrected chi connectivity index (χ3v) is 5.73. The monoisotopic (exact) mass is 507 g/mol. The van der Waals surface area contributed by atoms with E-state index in [0.29, 0.717) is 34.5 Å². The van der Waals surface area contributed by atoms with Gasteiger partial charge in [-0.15, -0.1) is 0 Å². The van der Waals surface area contributed by atoms with E-state index in [2.05, 4.69) is 26.0 Å². The van der Waals surface area contributed by atoms with E-state index in [1.807, 2.05) is 43.3 Å². The number of aromatic nitrogens is 2. The number of hydrogen-bond donors (Lipinski definition) is 1. The van der Waals surface area contributed by atoms with Crippen molar-refractivity contribution in [2.24, 2.45) is 5.10 Å². The van der Waals surface area contributed by atoms with Crippen molar-refractivity contribution in [3.63, 3.8) is 0 Å². The van der Waals surface area contributed by atoms with E-state index in [9.17, 15) is 14.7 Å². The Kier molecular flexibility index (Phi) is 6.55. The van der Waals surface area contributed by atoms with Crippen LogP contribution in [0.5, 0.6) is 5.75 Å². The maximum absolute atomic E-state index is 13.3. The molecule has 0 bridgehead atoms. The minimum absolute atomic E-state index is 0.275. The maximum Gasteiger partial charge on any atom is 0.344 e. The lowest BCUT2D eigenvalue weighted by Gasteiger charge is -2.15. The molecule has 0 fully saturated rings. The van der Waals surface area contributed by atoms with Crippen LogP contribution in [0.4, 0.5) is 0 Å². The molecule has 7 nitrogen and oxygen atoms in total. The van der Waals surface area contributed by atoms with Crippen LogP contribution in [0.25, 0.3) is 21.7 Å². The Morgan fingerprint density at radius 2 is 2.00 bits per heavy atom. The highest BCUT2D eigenvalue weighted by Gasteiger charge is 2.16. The van der Waals surface area contributed by atoms with E-state index >= 15 is 0 Å². The number of carbonyl (C=O) groups is 1. The molecule has 4 aromatic rings. The minimum atomic E-state index is -1.07. The van der Waals surface area contributed by atoms with Gasteiger partial charge in [0.15, 0.2) is 6.10 Å². The normalized spacial score (nSPS) is 12.5. The van der Waals surface area contributed by atoms with E-state index in [1.165, 1.54) is 17.8 Å². The Bertz CT molecular complexity index is 1450. The number of rotatable bonds is 7. The third kappa shape index (κ3) is 4.66. The Balaban J connectivity index is 1.90. The van der Waals surface area contributed by atoms with E-state index in [4.69, 9.17) is 4.74 Å². The molecule has 0 unspecified atom stereocenters. The first kappa shape index (κ1) is 22.7. The molecule has 0 aliphatic rings. The fourth-order valence-corrected chi connectivity index (χ4v) is 3.93. The van der Waals surface area contributed by atoms with Crippen LogP contribution in [0.2, 0.25) is 0 Å². The van der Waals surface area contributed by atoms with Gasteiger partial charge in [-0.2, -0.15) is 9.78 Å². The molecule has 0 spiro atoms. The Morgan fingerprint density at radius 3 is 2.76 bits per heavy atom. The van der Waals surface area contributed by atoms with Crippen molar-refractivity contribution >= 4 is 49.8 Å². The fourth-order valence-electron chi connectivity index (χ4n) is 3.57. The SMILES string of the molecule is CCCc1nc2ccc(Br)cc2c(=O)n1N=Cc1c(O[C@H](C)C(=O)O)ccc2ccccc12. The maximum atomic E-state index is 13.3. The van der Waals surface area contributed by atoms with Crippen molar-refractivity contribution in [2.75, 3.05) is 0 Å². The highest BCUT2D eigenvalue weighted by atomic mass is 79.9. The summed E-state index contributed by atoms with van der Waals surface area (Å²) in [5.74, 6) is -0.152. The molecular formula is C25H22BrN3O4. The van der Waals surface area contributed by atoms with Crippen molar-refractivity contribution in [3.8, 4) is 5.75 Å². The van der Waals surface area contributed by atoms with Gasteiger partial charge in [-0.1, -0.05) is 53.2 Å². The van der Waals surface area contributed by atoms with Crippen LogP contribution < -0.4 is 10.3 Å². The molecule has 1 N–H and O–H groups in total. The number of benzene rings is 3. The van der Waals surface area contributed by atoms with Crippen molar-refractivity contribution < 1.29 is 14.6 Å². The van der Waals surface area contributed by atoms with Crippen molar-refractivity contribution in [2.45, 2.75) is 32.8 Å². The van der Waals surface area contributed by atoms with Gasteiger partial charge < -0.3 is 9.84 Å². The molecule has 1 heterocycles. The van der Waals surface area contributed by atoms with Crippen LogP contribution in [-0.4, -0.2) is 33.1 Å². The third-order valence-electron chi connectivity index (χ3n) is 5.23. The summed E-state index contributed by atoms with van der Waals surface area (Å²) in [6.45, 7) is 3.48. The van der Waals surface area contributed by atoms with Gasteiger partial charge in [-0.05, 0) is 48.4 Å². The summed E-state index contributed by atoms with van der Waals surface area (Å²) in [6, 6.07) is 16.6. The van der Waals surface area contributed by atoms with E-state index in [-0.39, 0.29) is 5.56 Å². The van der Waals surface area contributed by atoms with E-state index in [0.717, 1.165) is 21.7 Å². The van der Waals surface area contributed by atoms with Crippen LogP contribution in [0.1, 0.15) is 31.7 Å². The molecule has 8 heteroatoms. The number of fused-ring (bicyclic) bond motifs is 2. The number of aliphatic carboxylic acids is 1. The molecular weight excluding hydrogens is 486 g/mol. The first-order valence-electron chi connectivity index (χ1n) is 10.6. The average Bonchev–Trinajstić information content (AvgIpc) is 2.80. The Morgan fingerprint density at radius 1 is 1.21 bits per heavy atom. The Hall–Kier alpha value is -3.52. The molecule has 0 amide bonds. The summed E-state index contributed by atoms with van der Waals surface area (Å²) in [4.78, 5) is 29.3. The van der Waals surface area contributed by atoms with E-state index in [1.54, 1.807) is 18.2 Å². The number of carboxylic acid groups (broad SMARTS) is 1. The minimum Gasteiger partial charge on any atom is -0.479 e. The molecule has 1 atom stereocenters. The van der Waals surface area contributed by atoms with Gasteiger partial charge >= 0.3 is 5.97 Å². The molecule has 3 aromatic carbocycles. The smallest absolute Gasteiger partial charge is 0.344 e. The van der Waals surface area contributed by atoms with Gasteiger partial charge in [-0.25, -0.2) is 9.78 Å². The summed E-state index contributed by atoms with van der Waals surface area (Å²) >= 11 is 3.41. The number of aryl methyl sites for hydroxylation is 1. The summed E-state index contributed by atoms with van der Waals surface area (Å²) in [7, 11) is 0. The highest BCUT2D eigenvalue weighted by molar-refractivity contribution is 9.10. The number of halogens is 1. The van der Waals surface area contributed by atoms with Gasteiger partial charge in [0, 0.05) is 16.5 Å². The topological polar surface area (TPSA) is 93.8 Å². The van der Waals surface area contributed by atoms with Crippen molar-refractivity contribution in [1.82, 2.24) is 9.66 Å². The van der Waals surface area contributed by atoms with Crippen LogP contribution in [-0.2, 0) is 11.2 Å². The molecule has 0 saturated heterocycles. The second kappa shape index (κ2) is 9.54. The lowest BCUT2D eigenvalue weighted by molar-refractivity contribution is -0.144. The number of ether oxygens (including phenoxy) is 1. The van der Waals surface area contributed by atoms with Crippen LogP contribution in [0.15, 0.2) is 69.0 Å². The number of hydrogen-bond acceptors (Lipinski definition) is 5. The van der Waals surface area contributed by atoms with Crippen LogP contribution >= 0.6 is 15.9 Å². The second-order valence-electron chi connectivity index (χ2n) is 7.60. The zero-order valence-corrected chi connectivity index (χ0v) is 19.7. The van der Waals surface area contributed by atoms with Gasteiger partial charge in [-0.3, -0.25) is 4.79 Å². The number of carboxylic acids is 1. The standard InChI is InChI=1S/C25H22BrN3O4/c1-3-6-23-28-21-11-10-17(26)13-19(21)24(30)29(23)27-14-20-18-8-5-4-7-16(18)9-12-22(20)33-15(2)25(31)32/h4-5,7-15H,3,6H2,1-2H3,(H,31,32)/t15-/m1/s1. The molecule has 0 aliphatic heterocycles. The first-order chi connectivity index (χ1) is 15.9. The van der Waals surface area contributed by atoms with Crippen molar-refractivity contribution in [3.05, 3.63) is 80.8 Å². The lowest BCUT2D eigenvalue weighted by Crippen LogP contribution is -2.24. The van der Waals surface area contributed by atoms with Gasteiger partial charge in [0.05, 0.1) is 17.1 Å². The molecule has 4 rings (SSSR count). The predicted molar refractivity (Wildman–Crippen MR) is 132 cm³/mol. The molecule has 1 aromatic heterocycles. The van der Waals surface area contributed by atoms with Crippen molar-refractivity contribution in [1.29, 1.82) is 0 Å². The first-order valence-corrected chi connectivity index (χ1v) is 11.3. The molecule has 33 heavy (non-hydrogen) atoms. The molecule has 168 valence electrons. The highest BCUT2D eigenvalue weighted by Crippen LogP contribution is 2.28. The largest absolute Gasteiger partial charge is 0.479 e. The van der Waals surface area contributed by atoms with Gasteiger partial charge in [0.25, 0.3) is 5.56 Å². The number of nitrogens with zero attached hydrogens (tertiary/aromatic N) is 3. The van der Waals surface area contributed by atoms with E-state index < -0.39 is 12.1 Å². The van der Waals surface area contributed by atoms with Crippen LogP contribution in [0, 0.1) is 0 Å². The van der Waals surface area contributed by atoms with Gasteiger partial charge in [0.1, 0.15) is 11.6 Å². The summed E-state index contributed by atoms with van der Waals surface area (Å²) in [5, 5.41) is 16.0. The van der Waals surface area contributed by atoms with Crippen LogP contribution in [0.3, 0.4) is 0 Å². The summed E-state index contributed by atoms with van der Waals surface area (Å²) in [5.41, 5.74) is 0.926. The summed E-state index contributed by atoms with van der Waals surface area (Å²) < 4.78 is 7.79. The van der Waals surface area contributed by atoms with Gasteiger partial charge in [0.2, 0.25) is 0 Å². The Labute approximate surface area is 198 Å². The zero-order chi connectivity index (χ0) is 23.5. The molecule has 0 aliphatic carbocycles.